The largest absolute Gasteiger partial charge is 0.480 e. The average molecular weight is 337 g/mol. The summed E-state index contributed by atoms with van der Waals surface area (Å²) in [5.74, 6) is -0.931. The molecule has 6 N–H and O–H groups in total. The molecule has 1 rings (SSSR count). The molecule has 7 nitrogen and oxygen atoms in total. The fourth-order valence-corrected chi connectivity index (χ4v) is 1.67. The molecule has 0 aliphatic carbocycles. The number of nitrogens with one attached hydrogen (secondary N) is 1. The Morgan fingerprint density at radius 3 is 2.33 bits per heavy atom. The number of hydrogen-bond donors (Lipinski definition) is 4. The molecule has 0 saturated carbocycles. The molecule has 0 aliphatic rings. The van der Waals surface area contributed by atoms with Crippen LogP contribution >= 0.6 is 0 Å². The van der Waals surface area contributed by atoms with Crippen molar-refractivity contribution in [2.24, 2.45) is 11.5 Å². The van der Waals surface area contributed by atoms with E-state index in [1.54, 1.807) is 24.3 Å². The number of carboxylic acid groups (broad SMARTS) is 1. The van der Waals surface area contributed by atoms with Crippen LogP contribution in [0, 0.1) is 0 Å². The van der Waals surface area contributed by atoms with Crippen LogP contribution < -0.4 is 16.8 Å². The van der Waals surface area contributed by atoms with Crippen LogP contribution in [0.5, 0.6) is 0 Å². The number of carbonyl (C=O) groups excluding carboxylic acids is 2. The molecule has 134 valence electrons. The number of rotatable bonds is 9. The zero-order chi connectivity index (χ0) is 18.4. The zero-order valence-electron chi connectivity index (χ0n) is 14.0. The second kappa shape index (κ2) is 13.2. The molecule has 24 heavy (non-hydrogen) atoms. The number of benzene rings is 1. The summed E-state index contributed by atoms with van der Waals surface area (Å²) in [5.41, 5.74) is 11.6. The van der Waals surface area contributed by atoms with Crippen molar-refractivity contribution in [3.8, 4) is 0 Å². The topological polar surface area (TPSA) is 136 Å². The van der Waals surface area contributed by atoms with E-state index < -0.39 is 12.0 Å². The van der Waals surface area contributed by atoms with E-state index in [1.165, 1.54) is 0 Å². The van der Waals surface area contributed by atoms with Crippen molar-refractivity contribution in [1.82, 2.24) is 0 Å². The molecule has 0 aliphatic heterocycles. The minimum Gasteiger partial charge on any atom is -0.480 e. The SMILES string of the molecule is CCCCC(=O)Nc1ccc(C=O)cc1.NCCC[C@H](N)C(=O)O. The Morgan fingerprint density at radius 1 is 1.25 bits per heavy atom. The van der Waals surface area contributed by atoms with E-state index in [4.69, 9.17) is 16.6 Å². The predicted octanol–water partition coefficient (Wildman–Crippen LogP) is 1.76. The maximum atomic E-state index is 11.3. The zero-order valence-corrected chi connectivity index (χ0v) is 14.0. The van der Waals surface area contributed by atoms with Gasteiger partial charge in [0.15, 0.2) is 0 Å². The van der Waals surface area contributed by atoms with E-state index in [0.29, 0.717) is 31.4 Å². The van der Waals surface area contributed by atoms with Gasteiger partial charge in [0.05, 0.1) is 0 Å². The highest BCUT2D eigenvalue weighted by atomic mass is 16.4. The van der Waals surface area contributed by atoms with Gasteiger partial charge in [-0.15, -0.1) is 0 Å². The number of aliphatic carboxylic acids is 1. The van der Waals surface area contributed by atoms with Gasteiger partial charge in [-0.2, -0.15) is 0 Å². The summed E-state index contributed by atoms with van der Waals surface area (Å²) in [6.45, 7) is 2.55. The van der Waals surface area contributed by atoms with Crippen LogP contribution in [0.25, 0.3) is 0 Å². The molecular weight excluding hydrogens is 310 g/mol. The summed E-state index contributed by atoms with van der Waals surface area (Å²) in [4.78, 5) is 31.8. The van der Waals surface area contributed by atoms with Gasteiger partial charge >= 0.3 is 5.97 Å². The van der Waals surface area contributed by atoms with E-state index in [2.05, 4.69) is 5.32 Å². The molecule has 0 unspecified atom stereocenters. The summed E-state index contributed by atoms with van der Waals surface area (Å²) in [6.07, 6.45) is 4.38. The normalized spacial score (nSPS) is 11.0. The molecule has 0 heterocycles. The second-order valence-electron chi connectivity index (χ2n) is 5.27. The fourth-order valence-electron chi connectivity index (χ4n) is 1.67. The Bertz CT molecular complexity index is 503. The Hall–Kier alpha value is -2.25. The van der Waals surface area contributed by atoms with Crippen LogP contribution in [0.4, 0.5) is 5.69 Å². The third-order valence-corrected chi connectivity index (χ3v) is 3.12. The molecule has 7 heteroatoms. The Morgan fingerprint density at radius 2 is 1.88 bits per heavy atom. The van der Waals surface area contributed by atoms with Crippen molar-refractivity contribution in [3.63, 3.8) is 0 Å². The summed E-state index contributed by atoms with van der Waals surface area (Å²) in [6, 6.07) is 6.08. The molecule has 1 aromatic rings. The van der Waals surface area contributed by atoms with Gasteiger partial charge in [0.2, 0.25) is 5.91 Å². The predicted molar refractivity (Wildman–Crippen MR) is 93.9 cm³/mol. The van der Waals surface area contributed by atoms with Crippen LogP contribution in [0.3, 0.4) is 0 Å². The van der Waals surface area contributed by atoms with Crippen molar-refractivity contribution in [2.45, 2.75) is 45.1 Å². The molecular formula is C17H27N3O4. The minimum atomic E-state index is -0.955. The lowest BCUT2D eigenvalue weighted by Crippen LogP contribution is -2.30. The highest BCUT2D eigenvalue weighted by Gasteiger charge is 2.08. The van der Waals surface area contributed by atoms with Crippen LogP contribution in [0.15, 0.2) is 24.3 Å². The lowest BCUT2D eigenvalue weighted by molar-refractivity contribution is -0.138. The summed E-state index contributed by atoms with van der Waals surface area (Å²) in [7, 11) is 0. The molecule has 1 atom stereocenters. The fraction of sp³-hybridized carbons (Fsp3) is 0.471. The summed E-state index contributed by atoms with van der Waals surface area (Å²) in [5, 5.41) is 11.0. The number of unbranched alkanes of at least 4 members (excludes halogenated alkanes) is 1. The van der Waals surface area contributed by atoms with Gasteiger partial charge in [0.25, 0.3) is 0 Å². The first-order chi connectivity index (χ1) is 11.4. The van der Waals surface area contributed by atoms with Crippen LogP contribution in [0.2, 0.25) is 0 Å². The van der Waals surface area contributed by atoms with Gasteiger partial charge in [-0.25, -0.2) is 0 Å². The van der Waals surface area contributed by atoms with E-state index in [9.17, 15) is 14.4 Å². The smallest absolute Gasteiger partial charge is 0.320 e. The molecule has 0 bridgehead atoms. The van der Waals surface area contributed by atoms with Gasteiger partial charge in [-0.1, -0.05) is 13.3 Å². The first kappa shape index (κ1) is 21.8. The molecule has 1 amide bonds. The highest BCUT2D eigenvalue weighted by molar-refractivity contribution is 5.91. The van der Waals surface area contributed by atoms with Crippen molar-refractivity contribution >= 4 is 23.9 Å². The summed E-state index contributed by atoms with van der Waals surface area (Å²) >= 11 is 0. The van der Waals surface area contributed by atoms with Gasteiger partial charge in [-0.05, 0) is 50.1 Å². The van der Waals surface area contributed by atoms with Gasteiger partial charge in [0, 0.05) is 17.7 Å². The Balaban J connectivity index is 0.000000506. The number of hydrogen-bond acceptors (Lipinski definition) is 5. The van der Waals surface area contributed by atoms with E-state index >= 15 is 0 Å². The number of anilines is 1. The first-order valence-electron chi connectivity index (χ1n) is 7.98. The quantitative estimate of drug-likeness (QED) is 0.507. The Kier molecular flexibility index (Phi) is 12.0. The maximum absolute atomic E-state index is 11.3. The van der Waals surface area contributed by atoms with Crippen molar-refractivity contribution < 1.29 is 19.5 Å². The molecule has 0 saturated heterocycles. The number of carbonyl (C=O) groups is 3. The number of aldehydes is 1. The molecule has 0 fully saturated rings. The van der Waals surface area contributed by atoms with E-state index in [1.807, 2.05) is 6.92 Å². The van der Waals surface area contributed by atoms with E-state index in [0.717, 1.165) is 24.8 Å². The summed E-state index contributed by atoms with van der Waals surface area (Å²) < 4.78 is 0. The number of nitrogens with two attached hydrogens (primary N) is 2. The molecule has 0 radical (unpaired) electrons. The van der Waals surface area contributed by atoms with Crippen molar-refractivity contribution in [2.75, 3.05) is 11.9 Å². The highest BCUT2D eigenvalue weighted by Crippen LogP contribution is 2.09. The van der Waals surface area contributed by atoms with Crippen molar-refractivity contribution in [1.29, 1.82) is 0 Å². The van der Waals surface area contributed by atoms with Crippen molar-refractivity contribution in [3.05, 3.63) is 29.8 Å². The standard InChI is InChI=1S/C12H15NO2.C5H12N2O2/c1-2-3-4-12(15)13-11-7-5-10(9-14)6-8-11;6-3-1-2-4(7)5(8)9/h5-9H,2-4H2,1H3,(H,13,15);4H,1-3,6-7H2,(H,8,9)/t;4-/m.0/s1. The van der Waals surface area contributed by atoms with Gasteiger partial charge in [0.1, 0.15) is 12.3 Å². The Labute approximate surface area is 142 Å². The number of amides is 1. The van der Waals surface area contributed by atoms with Crippen LogP contribution in [-0.2, 0) is 9.59 Å². The lowest BCUT2D eigenvalue weighted by atomic mass is 10.2. The molecule has 1 aromatic carbocycles. The third-order valence-electron chi connectivity index (χ3n) is 3.12. The van der Waals surface area contributed by atoms with Crippen LogP contribution in [0.1, 0.15) is 49.4 Å². The lowest BCUT2D eigenvalue weighted by Gasteiger charge is -2.04. The monoisotopic (exact) mass is 337 g/mol. The maximum Gasteiger partial charge on any atom is 0.320 e. The third kappa shape index (κ3) is 10.5. The van der Waals surface area contributed by atoms with Gasteiger partial charge in [-0.3, -0.25) is 14.4 Å². The minimum absolute atomic E-state index is 0.0238. The first-order valence-corrected chi connectivity index (χ1v) is 7.98. The van der Waals surface area contributed by atoms with Crippen LogP contribution in [-0.4, -0.2) is 35.9 Å². The average Bonchev–Trinajstić information content (AvgIpc) is 2.59. The molecule has 0 aromatic heterocycles. The number of carboxylic acids is 1. The second-order valence-corrected chi connectivity index (χ2v) is 5.27. The van der Waals surface area contributed by atoms with E-state index in [-0.39, 0.29) is 5.91 Å². The molecule has 0 spiro atoms. The van der Waals surface area contributed by atoms with Gasteiger partial charge < -0.3 is 21.9 Å².